The van der Waals surface area contributed by atoms with Crippen molar-refractivity contribution in [3.63, 3.8) is 0 Å². The number of carboxylic acid groups (broad SMARTS) is 1. The molecule has 3 aromatic carbocycles. The van der Waals surface area contributed by atoms with Gasteiger partial charge in [-0.15, -0.1) is 0 Å². The molecule has 0 atom stereocenters. The second-order valence-electron chi connectivity index (χ2n) is 9.70. The number of amides is 1. The SMILES string of the molecule is O=C(O)CCCCc1nc2cc(C(=O)N3CCN(S(=O)(=O)c4ccccc4)CC3)ccc2nc1-c1ccccc1. The Bertz CT molecular complexity index is 1620. The number of unbranched alkanes of at least 4 members (excludes halogenated alkanes) is 1. The third-order valence-electron chi connectivity index (χ3n) is 6.99. The van der Waals surface area contributed by atoms with Gasteiger partial charge < -0.3 is 10.0 Å². The zero-order valence-electron chi connectivity index (χ0n) is 21.9. The van der Waals surface area contributed by atoms with Crippen molar-refractivity contribution < 1.29 is 23.1 Å². The summed E-state index contributed by atoms with van der Waals surface area (Å²) in [5, 5.41) is 8.98. The molecule has 1 fully saturated rings. The molecule has 9 nitrogen and oxygen atoms in total. The Balaban J connectivity index is 1.35. The summed E-state index contributed by atoms with van der Waals surface area (Å²) in [5.74, 6) is -1.01. The summed E-state index contributed by atoms with van der Waals surface area (Å²) in [7, 11) is -3.61. The Kier molecular flexibility index (Phi) is 8.18. The van der Waals surface area contributed by atoms with Gasteiger partial charge in [0.25, 0.3) is 5.91 Å². The number of benzene rings is 3. The molecule has 0 bridgehead atoms. The highest BCUT2D eigenvalue weighted by molar-refractivity contribution is 7.89. The number of fused-ring (bicyclic) bond motifs is 1. The van der Waals surface area contributed by atoms with Crippen molar-refractivity contribution in [3.8, 4) is 11.3 Å². The topological polar surface area (TPSA) is 121 Å². The number of aryl methyl sites for hydroxylation is 1. The van der Waals surface area contributed by atoms with Crippen molar-refractivity contribution in [3.05, 3.63) is 90.1 Å². The Hall–Kier alpha value is -4.15. The molecular formula is C30H30N4O5S. The first-order chi connectivity index (χ1) is 19.3. The number of hydrogen-bond donors (Lipinski definition) is 1. The highest BCUT2D eigenvalue weighted by Gasteiger charge is 2.30. The maximum Gasteiger partial charge on any atom is 0.303 e. The fraction of sp³-hybridized carbons (Fsp3) is 0.267. The number of carbonyl (C=O) groups excluding carboxylic acids is 1. The van der Waals surface area contributed by atoms with Crippen LogP contribution in [-0.2, 0) is 21.2 Å². The number of hydrogen-bond acceptors (Lipinski definition) is 6. The van der Waals surface area contributed by atoms with Crippen LogP contribution in [0.5, 0.6) is 0 Å². The summed E-state index contributed by atoms with van der Waals surface area (Å²) in [6, 6.07) is 23.3. The first-order valence-corrected chi connectivity index (χ1v) is 14.7. The molecule has 2 heterocycles. The lowest BCUT2D eigenvalue weighted by molar-refractivity contribution is -0.137. The minimum atomic E-state index is -3.61. The third-order valence-corrected chi connectivity index (χ3v) is 8.90. The van der Waals surface area contributed by atoms with Crippen LogP contribution in [0.1, 0.15) is 35.3 Å². The molecule has 0 spiro atoms. The summed E-state index contributed by atoms with van der Waals surface area (Å²) >= 11 is 0. The van der Waals surface area contributed by atoms with E-state index in [1.807, 2.05) is 30.3 Å². The summed E-state index contributed by atoms with van der Waals surface area (Å²) in [6.45, 7) is 1.02. The van der Waals surface area contributed by atoms with E-state index >= 15 is 0 Å². The van der Waals surface area contributed by atoms with Gasteiger partial charge in [0.2, 0.25) is 10.0 Å². The van der Waals surface area contributed by atoms with Gasteiger partial charge in [-0.3, -0.25) is 9.59 Å². The van der Waals surface area contributed by atoms with Gasteiger partial charge in [-0.05, 0) is 49.6 Å². The Morgan fingerprint density at radius 2 is 1.48 bits per heavy atom. The summed E-state index contributed by atoms with van der Waals surface area (Å²) in [4.78, 5) is 36.0. The van der Waals surface area contributed by atoms with Gasteiger partial charge in [0.15, 0.2) is 0 Å². The first-order valence-electron chi connectivity index (χ1n) is 13.3. The molecule has 1 aliphatic rings. The molecule has 10 heteroatoms. The fourth-order valence-corrected chi connectivity index (χ4v) is 6.29. The van der Waals surface area contributed by atoms with Gasteiger partial charge in [0.1, 0.15) is 0 Å². The van der Waals surface area contributed by atoms with Crippen molar-refractivity contribution in [2.75, 3.05) is 26.2 Å². The number of aromatic nitrogens is 2. The van der Waals surface area contributed by atoms with Gasteiger partial charge in [0.05, 0.1) is 27.3 Å². The predicted octanol–water partition coefficient (Wildman–Crippen LogP) is 4.24. The highest BCUT2D eigenvalue weighted by Crippen LogP contribution is 2.26. The van der Waals surface area contributed by atoms with Gasteiger partial charge in [-0.1, -0.05) is 48.5 Å². The molecule has 1 saturated heterocycles. The van der Waals surface area contributed by atoms with Gasteiger partial charge in [-0.2, -0.15) is 4.31 Å². The maximum atomic E-state index is 13.4. The van der Waals surface area contributed by atoms with Crippen LogP contribution in [-0.4, -0.2) is 70.8 Å². The molecule has 0 saturated carbocycles. The van der Waals surface area contributed by atoms with E-state index in [1.54, 1.807) is 53.4 Å². The molecule has 1 amide bonds. The summed E-state index contributed by atoms with van der Waals surface area (Å²) in [6.07, 6.45) is 1.85. The molecule has 1 aliphatic heterocycles. The number of rotatable bonds is 9. The van der Waals surface area contributed by atoms with Crippen molar-refractivity contribution >= 4 is 32.9 Å². The van der Waals surface area contributed by atoms with Crippen molar-refractivity contribution in [2.24, 2.45) is 0 Å². The fourth-order valence-electron chi connectivity index (χ4n) is 4.85. The standard InChI is InChI=1S/C30H30N4O5S/c35-28(36)14-8-7-13-26-29(22-9-3-1-4-10-22)32-25-16-15-23(21-27(25)31-26)30(37)33-17-19-34(20-18-33)40(38,39)24-11-5-2-6-12-24/h1-6,9-12,15-16,21H,7-8,13-14,17-20H2,(H,35,36). The van der Waals surface area contributed by atoms with Gasteiger partial charge >= 0.3 is 5.97 Å². The van der Waals surface area contributed by atoms with E-state index in [0.29, 0.717) is 35.9 Å². The van der Waals surface area contributed by atoms with Crippen LogP contribution in [0.4, 0.5) is 0 Å². The summed E-state index contributed by atoms with van der Waals surface area (Å²) in [5.41, 5.74) is 4.14. The maximum absolute atomic E-state index is 13.4. The van der Waals surface area contributed by atoms with Crippen LogP contribution in [0.2, 0.25) is 0 Å². The van der Waals surface area contributed by atoms with Crippen LogP contribution < -0.4 is 0 Å². The van der Waals surface area contributed by atoms with Crippen LogP contribution in [0.25, 0.3) is 22.3 Å². The molecule has 5 rings (SSSR count). The number of sulfonamides is 1. The number of nitrogens with zero attached hydrogens (tertiary/aromatic N) is 4. The minimum Gasteiger partial charge on any atom is -0.481 e. The van der Waals surface area contributed by atoms with Crippen LogP contribution in [0, 0.1) is 0 Å². The van der Waals surface area contributed by atoms with E-state index in [9.17, 15) is 18.0 Å². The zero-order valence-corrected chi connectivity index (χ0v) is 22.8. The highest BCUT2D eigenvalue weighted by atomic mass is 32.2. The Morgan fingerprint density at radius 1 is 0.800 bits per heavy atom. The monoisotopic (exact) mass is 558 g/mol. The molecule has 1 aromatic heterocycles. The molecule has 0 aliphatic carbocycles. The number of carboxylic acids is 1. The van der Waals surface area contributed by atoms with Crippen LogP contribution in [0.3, 0.4) is 0 Å². The van der Waals surface area contributed by atoms with Gasteiger partial charge in [0, 0.05) is 43.7 Å². The van der Waals surface area contributed by atoms with Gasteiger partial charge in [-0.25, -0.2) is 18.4 Å². The average Bonchev–Trinajstić information content (AvgIpc) is 2.99. The Morgan fingerprint density at radius 3 is 2.15 bits per heavy atom. The number of aliphatic carboxylic acids is 1. The zero-order chi connectivity index (χ0) is 28.1. The lowest BCUT2D eigenvalue weighted by Crippen LogP contribution is -2.50. The van der Waals surface area contributed by atoms with E-state index < -0.39 is 16.0 Å². The largest absolute Gasteiger partial charge is 0.481 e. The average molecular weight is 559 g/mol. The second-order valence-corrected chi connectivity index (χ2v) is 11.6. The lowest BCUT2D eigenvalue weighted by atomic mass is 10.0. The van der Waals surface area contributed by atoms with E-state index in [0.717, 1.165) is 17.0 Å². The van der Waals surface area contributed by atoms with E-state index in [4.69, 9.17) is 15.1 Å². The van der Waals surface area contributed by atoms with Crippen molar-refractivity contribution in [1.82, 2.24) is 19.2 Å². The normalized spacial score (nSPS) is 14.3. The van der Waals surface area contributed by atoms with E-state index in [2.05, 4.69) is 0 Å². The Labute approximate surface area is 233 Å². The molecule has 0 unspecified atom stereocenters. The second kappa shape index (κ2) is 11.9. The molecule has 40 heavy (non-hydrogen) atoms. The molecule has 4 aromatic rings. The summed E-state index contributed by atoms with van der Waals surface area (Å²) < 4.78 is 27.3. The van der Waals surface area contributed by atoms with Crippen LogP contribution in [0.15, 0.2) is 83.8 Å². The first kappa shape index (κ1) is 27.4. The van der Waals surface area contributed by atoms with Crippen molar-refractivity contribution in [1.29, 1.82) is 0 Å². The number of piperazine rings is 1. The minimum absolute atomic E-state index is 0.0975. The molecule has 206 valence electrons. The smallest absolute Gasteiger partial charge is 0.303 e. The predicted molar refractivity (Wildman–Crippen MR) is 151 cm³/mol. The van der Waals surface area contributed by atoms with E-state index in [-0.39, 0.29) is 43.4 Å². The van der Waals surface area contributed by atoms with Crippen molar-refractivity contribution in [2.45, 2.75) is 30.6 Å². The van der Waals surface area contributed by atoms with Crippen LogP contribution >= 0.6 is 0 Å². The molecular weight excluding hydrogens is 528 g/mol. The third kappa shape index (κ3) is 6.03. The molecule has 1 N–H and O–H groups in total. The number of carbonyl (C=O) groups is 2. The van der Waals surface area contributed by atoms with E-state index in [1.165, 1.54) is 4.31 Å². The molecule has 0 radical (unpaired) electrons. The quantitative estimate of drug-likeness (QED) is 0.305. The lowest BCUT2D eigenvalue weighted by Gasteiger charge is -2.34.